The zero-order chi connectivity index (χ0) is 75.3. The second-order valence-corrected chi connectivity index (χ2v) is 25.2. The van der Waals surface area contributed by atoms with E-state index in [1.165, 1.54) is 19.1 Å². The van der Waals surface area contributed by atoms with Crippen LogP contribution in [0.25, 0.3) is 0 Å². The average Bonchev–Trinajstić information content (AvgIpc) is 1.59. The molecule has 18 N–H and O–H groups in total. The summed E-state index contributed by atoms with van der Waals surface area (Å²) in [5.41, 5.74) is 11.6. The van der Waals surface area contributed by atoms with E-state index in [1.54, 1.807) is 51.1 Å². The zero-order valence-corrected chi connectivity index (χ0v) is 56.2. The van der Waals surface area contributed by atoms with Gasteiger partial charge in [-0.3, -0.25) is 71.9 Å². The first kappa shape index (κ1) is 83.9. The van der Waals surface area contributed by atoms with Crippen molar-refractivity contribution in [2.75, 3.05) is 6.54 Å². The number of aliphatic carboxylic acids is 5. The Bertz CT molecular complexity index is 3400. The van der Waals surface area contributed by atoms with Gasteiger partial charge in [-0.25, -0.2) is 13.2 Å². The smallest absolute Gasteiger partial charge is 0.326 e. The third kappa shape index (κ3) is 29.8. The highest BCUT2D eigenvalue weighted by molar-refractivity contribution is 7.81. The fourth-order valence-electron chi connectivity index (χ4n) is 10.2. The number of nitrogens with two attached hydrogens (primary N) is 2. The molecular weight excluding hydrogens is 1340 g/mol. The predicted molar refractivity (Wildman–Crippen MR) is 344 cm³/mol. The van der Waals surface area contributed by atoms with Crippen molar-refractivity contribution < 1.29 is 119 Å². The number of primary amides is 1. The van der Waals surface area contributed by atoms with Gasteiger partial charge in [0, 0.05) is 45.1 Å². The summed E-state index contributed by atoms with van der Waals surface area (Å²) >= 11 is 0. The van der Waals surface area contributed by atoms with Crippen LogP contribution in [-0.4, -0.2) is 211 Å². The number of rotatable bonds is 44. The SMILES string of the molecule is CC[C@H](C)[C@H](NC(=O)[C@H](CCC(=O)O)NC(=O)[C@H](CCC(=O)O)NC(=O)[C@H](Cc1ccccc1)NC(=O)[C@@H](N)CC(=O)O)C(=O)N1CCC[C@H]1C(=O)N[C@@H](CCC(=O)O)C(=O)N[C@@H](C)C(=O)N[C@@H](Cc1ccc(OS(=O)(=O)[O-])cc1)C(=O)N[C@@H](CC(C)C)C(=O)N[C@@H](CCC(N)=O)C(=O)O. The van der Waals surface area contributed by atoms with Gasteiger partial charge in [0.05, 0.1) is 12.5 Å². The molecule has 0 saturated carbocycles. The van der Waals surface area contributed by atoms with Gasteiger partial charge in [0.25, 0.3) is 10.4 Å². The van der Waals surface area contributed by atoms with Crippen LogP contribution in [0.1, 0.15) is 129 Å². The number of hydrogen-bond donors (Lipinski definition) is 16. The highest BCUT2D eigenvalue weighted by Gasteiger charge is 2.42. The van der Waals surface area contributed by atoms with E-state index in [9.17, 15) is 115 Å². The number of benzene rings is 2. The normalized spacial score (nSPS) is 16.0. The van der Waals surface area contributed by atoms with Gasteiger partial charge < -0.3 is 98.5 Å². The number of carbonyl (C=O) groups is 16. The topological polar surface area (TPSA) is 604 Å². The molecule has 12 atom stereocenters. The van der Waals surface area contributed by atoms with Crippen LogP contribution in [0.15, 0.2) is 54.6 Å². The molecule has 0 unspecified atom stereocenters. The van der Waals surface area contributed by atoms with E-state index in [2.05, 4.69) is 52.0 Å². The number of carboxylic acid groups (broad SMARTS) is 5. The Kier molecular flexibility index (Phi) is 34.0. The van der Waals surface area contributed by atoms with Crippen LogP contribution in [0.2, 0.25) is 0 Å². The van der Waals surface area contributed by atoms with Gasteiger partial charge >= 0.3 is 29.8 Å². The summed E-state index contributed by atoms with van der Waals surface area (Å²) in [7, 11) is -5.23. The summed E-state index contributed by atoms with van der Waals surface area (Å²) in [6.07, 6.45) is -6.46. The molecule has 0 aliphatic carbocycles. The van der Waals surface area contributed by atoms with E-state index in [1.807, 2.05) is 0 Å². The van der Waals surface area contributed by atoms with Crippen LogP contribution in [0.4, 0.5) is 0 Å². The maximum Gasteiger partial charge on any atom is 0.326 e. The molecule has 1 fully saturated rings. The molecule has 37 nitrogen and oxygen atoms in total. The predicted octanol–water partition coefficient (Wildman–Crippen LogP) is -3.48. The second-order valence-electron chi connectivity index (χ2n) is 24.2. The number of nitrogens with one attached hydrogen (secondary N) is 9. The molecule has 0 bridgehead atoms. The summed E-state index contributed by atoms with van der Waals surface area (Å²) < 4.78 is 38.1. The van der Waals surface area contributed by atoms with Gasteiger partial charge in [-0.2, -0.15) is 0 Å². The lowest BCUT2D eigenvalue weighted by Crippen LogP contribution is -2.61. The zero-order valence-electron chi connectivity index (χ0n) is 55.4. The van der Waals surface area contributed by atoms with Crippen LogP contribution in [0, 0.1) is 11.8 Å². The average molecular weight is 1430 g/mol. The molecular formula is C62H87N12O25S-. The fourth-order valence-corrected chi connectivity index (χ4v) is 10.5. The minimum absolute atomic E-state index is 0.0668. The van der Waals surface area contributed by atoms with Crippen LogP contribution in [-0.2, 0) is 100.0 Å². The molecule has 2 aromatic carbocycles. The number of amides is 11. The highest BCUT2D eigenvalue weighted by Crippen LogP contribution is 2.23. The Labute approximate surface area is 574 Å². The van der Waals surface area contributed by atoms with Crippen molar-refractivity contribution in [2.45, 2.75) is 197 Å². The van der Waals surface area contributed by atoms with Gasteiger partial charge in [0.2, 0.25) is 65.0 Å². The van der Waals surface area contributed by atoms with Gasteiger partial charge in [-0.15, -0.1) is 0 Å². The Morgan fingerprint density at radius 2 is 0.970 bits per heavy atom. The van der Waals surface area contributed by atoms with Crippen molar-refractivity contribution in [3.8, 4) is 5.75 Å². The summed E-state index contributed by atoms with van der Waals surface area (Å²) in [6.45, 7) is 7.48. The van der Waals surface area contributed by atoms with Crippen molar-refractivity contribution in [1.29, 1.82) is 0 Å². The molecule has 1 aliphatic rings. The summed E-state index contributed by atoms with van der Waals surface area (Å²) in [6, 6.07) is -5.45. The number of likely N-dealkylation sites (tertiary alicyclic amines) is 1. The van der Waals surface area contributed by atoms with Gasteiger partial charge in [0.1, 0.15) is 66.2 Å². The molecule has 1 saturated heterocycles. The van der Waals surface area contributed by atoms with Crippen LogP contribution < -0.4 is 63.5 Å². The molecule has 2 aromatic rings. The summed E-state index contributed by atoms with van der Waals surface area (Å²) in [4.78, 5) is 212. The first-order valence-corrected chi connectivity index (χ1v) is 33.1. The minimum atomic E-state index is -5.23. The van der Waals surface area contributed by atoms with E-state index in [0.717, 1.165) is 24.0 Å². The van der Waals surface area contributed by atoms with E-state index >= 15 is 0 Å². The number of carbonyl (C=O) groups excluding carboxylic acids is 11. The van der Waals surface area contributed by atoms with Gasteiger partial charge in [-0.05, 0) is 87.0 Å². The molecule has 0 radical (unpaired) electrons. The van der Waals surface area contributed by atoms with Crippen LogP contribution in [0.5, 0.6) is 5.75 Å². The molecule has 1 heterocycles. The Morgan fingerprint density at radius 1 is 0.540 bits per heavy atom. The molecule has 38 heteroatoms. The fraction of sp³-hybridized carbons (Fsp3) is 0.548. The Morgan fingerprint density at radius 3 is 1.44 bits per heavy atom. The lowest BCUT2D eigenvalue weighted by molar-refractivity contribution is -0.144. The maximum absolute atomic E-state index is 14.7. The Hall–Kier alpha value is -10.4. The number of hydrogen-bond acceptors (Lipinski definition) is 21. The van der Waals surface area contributed by atoms with Gasteiger partial charge in [0.15, 0.2) is 0 Å². The van der Waals surface area contributed by atoms with Crippen molar-refractivity contribution in [3.63, 3.8) is 0 Å². The van der Waals surface area contributed by atoms with Gasteiger partial charge in [-0.1, -0.05) is 76.6 Å². The molecule has 0 aromatic heterocycles. The largest absolute Gasteiger partial charge is 0.716 e. The Balaban J connectivity index is 1.93. The molecule has 11 amide bonds. The van der Waals surface area contributed by atoms with E-state index in [4.69, 9.17) is 11.5 Å². The quantitative estimate of drug-likeness (QED) is 0.0226. The molecule has 0 spiro atoms. The minimum Gasteiger partial charge on any atom is -0.716 e. The van der Waals surface area contributed by atoms with Crippen molar-refractivity contribution in [1.82, 2.24) is 52.8 Å². The van der Waals surface area contributed by atoms with E-state index < -0.39 is 248 Å². The first-order chi connectivity index (χ1) is 46.8. The van der Waals surface area contributed by atoms with E-state index in [-0.39, 0.29) is 50.1 Å². The second kappa shape index (κ2) is 40.5. The maximum atomic E-state index is 14.7. The first-order valence-electron chi connectivity index (χ1n) is 31.7. The molecule has 1 aliphatic heterocycles. The van der Waals surface area contributed by atoms with Crippen molar-refractivity contribution in [3.05, 3.63) is 65.7 Å². The highest BCUT2D eigenvalue weighted by atomic mass is 32.3. The number of nitrogens with zero attached hydrogens (tertiary/aromatic N) is 1. The standard InChI is InChI=1S/C62H88N12O25S/c1-6-32(4)51(73-56(88)40(21-25-49(80)81)66-55(87)39(20-24-48(78)79)67-58(90)44(28-34-11-8-7-9-12-34)71-53(85)37(63)30-50(82)83)61(93)74-26-10-13-45(74)60(92)68-38(19-23-47(76)77)54(86)65-33(5)52(84)70-43(29-35-14-16-36(17-15-35)99-100(96,97)98)59(91)72-42(27-31(2)3)57(89)69-41(62(94)95)18-22-46(64)75/h7-9,11-12,14-17,31-33,37-45,51H,6,10,13,18-30,63H2,1-5H3,(H2,64,75)(H,65,86)(H,66,87)(H,67,90)(H,68,92)(H,69,89)(H,70,84)(H,71,85)(H,72,91)(H,73,88)(H,76,77)(H,78,79)(H,80,81)(H,82,83)(H,94,95)(H,96,97,98)/p-1/t32-,33-,37-,38-,39-,40-,41-,42-,43-,44-,45-,51-/m0/s1. The van der Waals surface area contributed by atoms with Crippen LogP contribution >= 0.6 is 0 Å². The molecule has 100 heavy (non-hydrogen) atoms. The van der Waals surface area contributed by atoms with E-state index in [0.29, 0.717) is 5.56 Å². The molecule has 3 rings (SSSR count). The van der Waals surface area contributed by atoms with Crippen LogP contribution in [0.3, 0.4) is 0 Å². The third-order valence-corrected chi connectivity index (χ3v) is 16.1. The lowest BCUT2D eigenvalue weighted by atomic mass is 9.96. The number of carboxylic acids is 5. The third-order valence-electron chi connectivity index (χ3n) is 15.7. The molecule has 552 valence electrons. The lowest BCUT2D eigenvalue weighted by Gasteiger charge is -2.33. The summed E-state index contributed by atoms with van der Waals surface area (Å²) in [5.74, 6) is -20.5. The van der Waals surface area contributed by atoms with Crippen molar-refractivity contribution in [2.24, 2.45) is 23.3 Å². The monoisotopic (exact) mass is 1430 g/mol. The van der Waals surface area contributed by atoms with Crippen molar-refractivity contribution >= 4 is 105 Å². The summed E-state index contributed by atoms with van der Waals surface area (Å²) in [5, 5.41) is 69.4.